The summed E-state index contributed by atoms with van der Waals surface area (Å²) in [7, 11) is 1.29. The maximum absolute atomic E-state index is 12.2. The van der Waals surface area contributed by atoms with Gasteiger partial charge in [-0.25, -0.2) is 4.79 Å². The third-order valence-corrected chi connectivity index (χ3v) is 3.06. The molecule has 2 aromatic heterocycles. The third kappa shape index (κ3) is 3.28. The van der Waals surface area contributed by atoms with Crippen LogP contribution >= 0.6 is 0 Å². The fourth-order valence-corrected chi connectivity index (χ4v) is 1.96. The van der Waals surface area contributed by atoms with Gasteiger partial charge in [-0.3, -0.25) is 9.78 Å². The van der Waals surface area contributed by atoms with Gasteiger partial charge in [0, 0.05) is 11.9 Å². The number of rotatable bonds is 4. The average molecular weight is 287 g/mol. The van der Waals surface area contributed by atoms with Crippen molar-refractivity contribution in [3.05, 3.63) is 47.0 Å². The second kappa shape index (κ2) is 6.21. The van der Waals surface area contributed by atoms with Crippen LogP contribution in [0.15, 0.2) is 24.4 Å². The number of nitrogens with zero attached hydrogens (tertiary/aromatic N) is 1. The lowest BCUT2D eigenvalue weighted by Gasteiger charge is -2.06. The molecule has 0 aliphatic heterocycles. The molecule has 21 heavy (non-hydrogen) atoms. The van der Waals surface area contributed by atoms with Crippen LogP contribution in [0.25, 0.3) is 0 Å². The van der Waals surface area contributed by atoms with Crippen LogP contribution in [0.5, 0.6) is 0 Å². The van der Waals surface area contributed by atoms with Gasteiger partial charge in [0.2, 0.25) is 0 Å². The molecule has 0 saturated carbocycles. The van der Waals surface area contributed by atoms with E-state index in [0.717, 1.165) is 17.7 Å². The van der Waals surface area contributed by atoms with Crippen LogP contribution in [-0.4, -0.2) is 29.0 Å². The summed E-state index contributed by atoms with van der Waals surface area (Å²) in [6, 6.07) is 5.26. The van der Waals surface area contributed by atoms with E-state index in [1.54, 1.807) is 25.3 Å². The van der Waals surface area contributed by atoms with Crippen molar-refractivity contribution in [1.29, 1.82) is 0 Å². The van der Waals surface area contributed by atoms with Gasteiger partial charge in [-0.05, 0) is 37.1 Å². The Morgan fingerprint density at radius 3 is 2.81 bits per heavy atom. The zero-order valence-corrected chi connectivity index (χ0v) is 12.2. The van der Waals surface area contributed by atoms with Crippen LogP contribution in [0.1, 0.15) is 39.2 Å². The Labute approximate surface area is 122 Å². The Morgan fingerprint density at radius 2 is 2.14 bits per heavy atom. The number of hydrogen-bond acceptors (Lipinski definition) is 4. The highest BCUT2D eigenvalue weighted by molar-refractivity contribution is 6.06. The number of amides is 1. The summed E-state index contributed by atoms with van der Waals surface area (Å²) in [5.74, 6) is -0.900. The summed E-state index contributed by atoms with van der Waals surface area (Å²) in [6.07, 6.45) is 2.41. The molecule has 2 heterocycles. The van der Waals surface area contributed by atoms with E-state index in [1.807, 2.05) is 13.0 Å². The van der Waals surface area contributed by atoms with Gasteiger partial charge in [-0.1, -0.05) is 6.92 Å². The summed E-state index contributed by atoms with van der Waals surface area (Å²) in [4.78, 5) is 30.8. The summed E-state index contributed by atoms with van der Waals surface area (Å²) in [5.41, 5.74) is 2.68. The number of aromatic nitrogens is 2. The number of esters is 1. The van der Waals surface area contributed by atoms with Gasteiger partial charge < -0.3 is 15.0 Å². The number of H-pyrrole nitrogens is 1. The number of ether oxygens (including phenoxy) is 1. The predicted octanol–water partition coefficient (Wildman–Crippen LogP) is 2.32. The number of methoxy groups -OCH3 is 1. The molecule has 0 aliphatic rings. The largest absolute Gasteiger partial charge is 0.464 e. The van der Waals surface area contributed by atoms with Crippen LogP contribution in [0.2, 0.25) is 0 Å². The van der Waals surface area contributed by atoms with Gasteiger partial charge in [0.25, 0.3) is 5.91 Å². The fourth-order valence-electron chi connectivity index (χ4n) is 1.96. The number of aromatic amines is 1. The molecule has 0 spiro atoms. The molecule has 0 atom stereocenters. The van der Waals surface area contributed by atoms with E-state index in [4.69, 9.17) is 0 Å². The van der Waals surface area contributed by atoms with Gasteiger partial charge >= 0.3 is 5.97 Å². The molecule has 2 N–H and O–H groups in total. The minimum Gasteiger partial charge on any atom is -0.464 e. The predicted molar refractivity (Wildman–Crippen MR) is 78.4 cm³/mol. The van der Waals surface area contributed by atoms with Crippen molar-refractivity contribution in [1.82, 2.24) is 9.97 Å². The van der Waals surface area contributed by atoms with E-state index in [0.29, 0.717) is 11.4 Å². The normalized spacial score (nSPS) is 10.2. The van der Waals surface area contributed by atoms with E-state index >= 15 is 0 Å². The van der Waals surface area contributed by atoms with Crippen molar-refractivity contribution in [2.24, 2.45) is 0 Å². The second-order valence-electron chi connectivity index (χ2n) is 4.59. The van der Waals surface area contributed by atoms with Crippen molar-refractivity contribution >= 4 is 17.6 Å². The summed E-state index contributed by atoms with van der Waals surface area (Å²) < 4.78 is 4.68. The molecule has 0 unspecified atom stereocenters. The molecular weight excluding hydrogens is 270 g/mol. The molecule has 6 nitrogen and oxygen atoms in total. The van der Waals surface area contributed by atoms with Gasteiger partial charge in [0.05, 0.1) is 12.8 Å². The van der Waals surface area contributed by atoms with Crippen molar-refractivity contribution in [3.8, 4) is 0 Å². The Morgan fingerprint density at radius 1 is 1.38 bits per heavy atom. The van der Waals surface area contributed by atoms with Gasteiger partial charge in [-0.2, -0.15) is 0 Å². The quantitative estimate of drug-likeness (QED) is 0.845. The number of carbonyl (C=O) groups excluding carboxylic acids is 2. The summed E-state index contributed by atoms with van der Waals surface area (Å²) in [5, 5.41) is 2.68. The third-order valence-electron chi connectivity index (χ3n) is 3.06. The number of carbonyl (C=O) groups is 2. The number of anilines is 1. The first-order valence-corrected chi connectivity index (χ1v) is 6.59. The standard InChI is InChI=1S/C15H17N3O3/c1-4-10-5-6-16-12(8-10)14(19)18-11-7-9(2)17-13(11)15(20)21-3/h5-8,17H,4H2,1-3H3,(H,18,19). The van der Waals surface area contributed by atoms with Crippen molar-refractivity contribution in [3.63, 3.8) is 0 Å². The second-order valence-corrected chi connectivity index (χ2v) is 4.59. The molecule has 6 heteroatoms. The molecule has 0 aliphatic carbocycles. The molecule has 0 aromatic carbocycles. The highest BCUT2D eigenvalue weighted by Gasteiger charge is 2.18. The molecule has 0 bridgehead atoms. The highest BCUT2D eigenvalue weighted by atomic mass is 16.5. The maximum atomic E-state index is 12.2. The van der Waals surface area contributed by atoms with Gasteiger partial charge in [0.1, 0.15) is 11.4 Å². The molecule has 2 rings (SSSR count). The Balaban J connectivity index is 2.25. The van der Waals surface area contributed by atoms with E-state index in [1.165, 1.54) is 7.11 Å². The van der Waals surface area contributed by atoms with E-state index in [-0.39, 0.29) is 11.6 Å². The number of pyridine rings is 1. The lowest BCUT2D eigenvalue weighted by Crippen LogP contribution is -2.16. The van der Waals surface area contributed by atoms with Gasteiger partial charge in [0.15, 0.2) is 0 Å². The zero-order chi connectivity index (χ0) is 15.4. The maximum Gasteiger partial charge on any atom is 0.356 e. The minimum atomic E-state index is -0.534. The molecule has 2 aromatic rings. The van der Waals surface area contributed by atoms with E-state index < -0.39 is 5.97 Å². The Kier molecular flexibility index (Phi) is 4.37. The fraction of sp³-hybridized carbons (Fsp3) is 0.267. The summed E-state index contributed by atoms with van der Waals surface area (Å²) in [6.45, 7) is 3.79. The molecular formula is C15H17N3O3. The van der Waals surface area contributed by atoms with Crippen molar-refractivity contribution < 1.29 is 14.3 Å². The number of hydrogen-bond donors (Lipinski definition) is 2. The van der Waals surface area contributed by atoms with Crippen LogP contribution in [0, 0.1) is 6.92 Å². The van der Waals surface area contributed by atoms with Crippen LogP contribution in [-0.2, 0) is 11.2 Å². The lowest BCUT2D eigenvalue weighted by molar-refractivity contribution is 0.0596. The first-order valence-electron chi connectivity index (χ1n) is 6.59. The molecule has 0 radical (unpaired) electrons. The van der Waals surface area contributed by atoms with Crippen molar-refractivity contribution in [2.75, 3.05) is 12.4 Å². The smallest absolute Gasteiger partial charge is 0.356 e. The van der Waals surface area contributed by atoms with Crippen LogP contribution in [0.3, 0.4) is 0 Å². The van der Waals surface area contributed by atoms with Crippen LogP contribution < -0.4 is 5.32 Å². The first kappa shape index (κ1) is 14.8. The molecule has 0 saturated heterocycles. The zero-order valence-electron chi connectivity index (χ0n) is 12.2. The molecule has 1 amide bonds. The number of aryl methyl sites for hydroxylation is 2. The lowest BCUT2D eigenvalue weighted by atomic mass is 10.2. The van der Waals surface area contributed by atoms with Crippen molar-refractivity contribution in [2.45, 2.75) is 20.3 Å². The monoisotopic (exact) mass is 287 g/mol. The van der Waals surface area contributed by atoms with E-state index in [2.05, 4.69) is 20.0 Å². The SMILES string of the molecule is CCc1ccnc(C(=O)Nc2cc(C)[nH]c2C(=O)OC)c1. The first-order chi connectivity index (χ1) is 10.0. The van der Waals surface area contributed by atoms with Crippen LogP contribution in [0.4, 0.5) is 5.69 Å². The van der Waals surface area contributed by atoms with Gasteiger partial charge in [-0.15, -0.1) is 0 Å². The Bertz CT molecular complexity index is 677. The Hall–Kier alpha value is -2.63. The molecule has 110 valence electrons. The summed E-state index contributed by atoms with van der Waals surface area (Å²) >= 11 is 0. The highest BCUT2D eigenvalue weighted by Crippen LogP contribution is 2.18. The molecule has 0 fully saturated rings. The topological polar surface area (TPSA) is 84.1 Å². The van der Waals surface area contributed by atoms with E-state index in [9.17, 15) is 9.59 Å². The minimum absolute atomic E-state index is 0.218. The average Bonchev–Trinajstić information content (AvgIpc) is 2.87. The number of nitrogens with one attached hydrogen (secondary N) is 2.